The molecular formula is C16H22ClN3O2. The zero-order chi connectivity index (χ0) is 15.9. The number of carbonyl (C=O) groups excluding carboxylic acids is 2. The Morgan fingerprint density at radius 3 is 2.09 bits per heavy atom. The third-order valence-electron chi connectivity index (χ3n) is 3.85. The Morgan fingerprint density at radius 2 is 1.55 bits per heavy atom. The van der Waals surface area contributed by atoms with Crippen LogP contribution in [0.5, 0.6) is 0 Å². The van der Waals surface area contributed by atoms with E-state index in [9.17, 15) is 9.59 Å². The van der Waals surface area contributed by atoms with Crippen LogP contribution in [0.3, 0.4) is 0 Å². The van der Waals surface area contributed by atoms with E-state index in [0.29, 0.717) is 57.0 Å². The van der Waals surface area contributed by atoms with Gasteiger partial charge in [0.25, 0.3) is 0 Å². The van der Waals surface area contributed by atoms with Crippen LogP contribution in [-0.4, -0.2) is 54.3 Å². The molecule has 1 fully saturated rings. The van der Waals surface area contributed by atoms with Crippen molar-refractivity contribution in [3.8, 4) is 0 Å². The summed E-state index contributed by atoms with van der Waals surface area (Å²) in [4.78, 5) is 27.8. The Hall–Kier alpha value is -1.59. The topological polar surface area (TPSA) is 66.6 Å². The smallest absolute Gasteiger partial charge is 0.227 e. The van der Waals surface area contributed by atoms with Crippen LogP contribution >= 0.6 is 11.6 Å². The standard InChI is InChI=1S/C16H22ClN3O2/c17-14-5-3-13(4-6-14)12-16(22)20-10-8-19(9-11-20)15(21)2-1-7-18/h3-6H,1-2,7-12,18H2. The maximum absolute atomic E-state index is 12.3. The van der Waals surface area contributed by atoms with E-state index < -0.39 is 0 Å². The Labute approximate surface area is 136 Å². The van der Waals surface area contributed by atoms with E-state index >= 15 is 0 Å². The lowest BCUT2D eigenvalue weighted by Gasteiger charge is -2.35. The van der Waals surface area contributed by atoms with Crippen LogP contribution in [0.15, 0.2) is 24.3 Å². The summed E-state index contributed by atoms with van der Waals surface area (Å²) in [7, 11) is 0. The first-order chi connectivity index (χ1) is 10.6. The fraction of sp³-hybridized carbons (Fsp3) is 0.500. The number of amides is 2. The fourth-order valence-corrected chi connectivity index (χ4v) is 2.63. The summed E-state index contributed by atoms with van der Waals surface area (Å²) in [5.41, 5.74) is 6.37. The molecule has 2 N–H and O–H groups in total. The third kappa shape index (κ3) is 4.71. The number of hydrogen-bond acceptors (Lipinski definition) is 3. The highest BCUT2D eigenvalue weighted by Gasteiger charge is 2.23. The van der Waals surface area contributed by atoms with Gasteiger partial charge in [0, 0.05) is 37.6 Å². The monoisotopic (exact) mass is 323 g/mol. The molecule has 5 nitrogen and oxygen atoms in total. The summed E-state index contributed by atoms with van der Waals surface area (Å²) < 4.78 is 0. The van der Waals surface area contributed by atoms with Crippen molar-refractivity contribution in [2.24, 2.45) is 5.73 Å². The predicted molar refractivity (Wildman–Crippen MR) is 86.6 cm³/mol. The van der Waals surface area contributed by atoms with Gasteiger partial charge in [-0.3, -0.25) is 9.59 Å². The number of benzene rings is 1. The number of hydrogen-bond donors (Lipinski definition) is 1. The lowest BCUT2D eigenvalue weighted by molar-refractivity contribution is -0.139. The van der Waals surface area contributed by atoms with Crippen molar-refractivity contribution in [2.45, 2.75) is 19.3 Å². The number of piperazine rings is 1. The molecule has 0 bridgehead atoms. The lowest BCUT2D eigenvalue weighted by atomic mass is 10.1. The van der Waals surface area contributed by atoms with Crippen molar-refractivity contribution in [1.29, 1.82) is 0 Å². The Kier molecular flexibility index (Phi) is 6.21. The normalized spacial score (nSPS) is 15.0. The number of nitrogens with zero attached hydrogens (tertiary/aromatic N) is 2. The average molecular weight is 324 g/mol. The highest BCUT2D eigenvalue weighted by Crippen LogP contribution is 2.12. The highest BCUT2D eigenvalue weighted by molar-refractivity contribution is 6.30. The van der Waals surface area contributed by atoms with Crippen LogP contribution in [-0.2, 0) is 16.0 Å². The maximum atomic E-state index is 12.3. The molecule has 0 atom stereocenters. The molecule has 1 aromatic carbocycles. The molecule has 1 aliphatic rings. The van der Waals surface area contributed by atoms with Gasteiger partial charge >= 0.3 is 0 Å². The Bertz CT molecular complexity index is 511. The molecule has 6 heteroatoms. The molecule has 1 heterocycles. The average Bonchev–Trinajstić information content (AvgIpc) is 2.55. The fourth-order valence-electron chi connectivity index (χ4n) is 2.51. The Morgan fingerprint density at radius 1 is 1.00 bits per heavy atom. The highest BCUT2D eigenvalue weighted by atomic mass is 35.5. The molecule has 0 spiro atoms. The van der Waals surface area contributed by atoms with Gasteiger partial charge in [-0.2, -0.15) is 0 Å². The molecular weight excluding hydrogens is 302 g/mol. The van der Waals surface area contributed by atoms with Gasteiger partial charge in [0.2, 0.25) is 11.8 Å². The molecule has 1 saturated heterocycles. The third-order valence-corrected chi connectivity index (χ3v) is 4.10. The molecule has 120 valence electrons. The zero-order valence-electron chi connectivity index (χ0n) is 12.6. The van der Waals surface area contributed by atoms with Gasteiger partial charge in [0.1, 0.15) is 0 Å². The minimum Gasteiger partial charge on any atom is -0.339 e. The number of rotatable bonds is 5. The molecule has 0 aromatic heterocycles. The van der Waals surface area contributed by atoms with Crippen LogP contribution < -0.4 is 5.73 Å². The van der Waals surface area contributed by atoms with Gasteiger partial charge in [-0.25, -0.2) is 0 Å². The van der Waals surface area contributed by atoms with Crippen molar-refractivity contribution in [3.63, 3.8) is 0 Å². The quantitative estimate of drug-likeness (QED) is 0.888. The van der Waals surface area contributed by atoms with Gasteiger partial charge in [0.05, 0.1) is 6.42 Å². The van der Waals surface area contributed by atoms with E-state index in [1.54, 1.807) is 12.1 Å². The van der Waals surface area contributed by atoms with Crippen LogP contribution in [0.1, 0.15) is 18.4 Å². The van der Waals surface area contributed by atoms with Crippen molar-refractivity contribution in [2.75, 3.05) is 32.7 Å². The van der Waals surface area contributed by atoms with E-state index in [2.05, 4.69) is 0 Å². The van der Waals surface area contributed by atoms with Crippen LogP contribution in [0, 0.1) is 0 Å². The molecule has 2 amide bonds. The van der Waals surface area contributed by atoms with E-state index in [1.807, 2.05) is 21.9 Å². The number of carbonyl (C=O) groups is 2. The molecule has 22 heavy (non-hydrogen) atoms. The molecule has 1 aromatic rings. The van der Waals surface area contributed by atoms with Gasteiger partial charge < -0.3 is 15.5 Å². The second-order valence-corrected chi connectivity index (χ2v) is 5.89. The second-order valence-electron chi connectivity index (χ2n) is 5.46. The summed E-state index contributed by atoms with van der Waals surface area (Å²) in [6, 6.07) is 7.32. The van der Waals surface area contributed by atoms with Crippen molar-refractivity contribution < 1.29 is 9.59 Å². The van der Waals surface area contributed by atoms with Crippen LogP contribution in [0.4, 0.5) is 0 Å². The van der Waals surface area contributed by atoms with Crippen molar-refractivity contribution >= 4 is 23.4 Å². The number of halogens is 1. The van der Waals surface area contributed by atoms with Crippen LogP contribution in [0.25, 0.3) is 0 Å². The largest absolute Gasteiger partial charge is 0.339 e. The summed E-state index contributed by atoms with van der Waals surface area (Å²) in [5.74, 6) is 0.228. The first kappa shape index (κ1) is 16.8. The second kappa shape index (κ2) is 8.15. The summed E-state index contributed by atoms with van der Waals surface area (Å²) in [6.07, 6.45) is 1.59. The molecule has 2 rings (SSSR count). The SMILES string of the molecule is NCCCC(=O)N1CCN(C(=O)Cc2ccc(Cl)cc2)CC1. The summed E-state index contributed by atoms with van der Waals surface area (Å²) in [5, 5.41) is 0.667. The van der Waals surface area contributed by atoms with E-state index in [1.165, 1.54) is 0 Å². The lowest BCUT2D eigenvalue weighted by Crippen LogP contribution is -2.51. The minimum absolute atomic E-state index is 0.0939. The maximum Gasteiger partial charge on any atom is 0.227 e. The summed E-state index contributed by atoms with van der Waals surface area (Å²) >= 11 is 5.84. The van der Waals surface area contributed by atoms with Gasteiger partial charge in [-0.1, -0.05) is 23.7 Å². The van der Waals surface area contributed by atoms with E-state index in [-0.39, 0.29) is 11.8 Å². The van der Waals surface area contributed by atoms with Crippen molar-refractivity contribution in [1.82, 2.24) is 9.80 Å². The molecule has 0 saturated carbocycles. The molecule has 0 unspecified atom stereocenters. The van der Waals surface area contributed by atoms with Crippen LogP contribution in [0.2, 0.25) is 5.02 Å². The zero-order valence-corrected chi connectivity index (χ0v) is 13.4. The summed E-state index contributed by atoms with van der Waals surface area (Å²) in [6.45, 7) is 2.94. The Balaban J connectivity index is 1.79. The van der Waals surface area contributed by atoms with E-state index in [4.69, 9.17) is 17.3 Å². The van der Waals surface area contributed by atoms with E-state index in [0.717, 1.165) is 5.56 Å². The number of nitrogens with two attached hydrogens (primary N) is 1. The van der Waals surface area contributed by atoms with Gasteiger partial charge in [-0.05, 0) is 30.7 Å². The predicted octanol–water partition coefficient (Wildman–Crippen LogP) is 1.29. The van der Waals surface area contributed by atoms with Gasteiger partial charge in [-0.15, -0.1) is 0 Å². The van der Waals surface area contributed by atoms with Crippen molar-refractivity contribution in [3.05, 3.63) is 34.9 Å². The molecule has 0 aliphatic carbocycles. The minimum atomic E-state index is 0.0939. The van der Waals surface area contributed by atoms with Gasteiger partial charge in [0.15, 0.2) is 0 Å². The first-order valence-electron chi connectivity index (χ1n) is 7.60. The molecule has 0 radical (unpaired) electrons. The molecule has 1 aliphatic heterocycles. The first-order valence-corrected chi connectivity index (χ1v) is 7.98.